The van der Waals surface area contributed by atoms with Crippen LogP contribution >= 0.6 is 23.2 Å². The van der Waals surface area contributed by atoms with E-state index in [4.69, 9.17) is 27.6 Å². The molecule has 1 aliphatic rings. The van der Waals surface area contributed by atoms with Gasteiger partial charge < -0.3 is 14.6 Å². The van der Waals surface area contributed by atoms with E-state index in [0.717, 1.165) is 28.3 Å². The van der Waals surface area contributed by atoms with Gasteiger partial charge in [-0.15, -0.1) is 0 Å². The number of furan rings is 1. The molecule has 0 bridgehead atoms. The minimum Gasteiger partial charge on any atom is -0.461 e. The third kappa shape index (κ3) is 4.69. The molecule has 2 heterocycles. The van der Waals surface area contributed by atoms with Gasteiger partial charge in [0.05, 0.1) is 10.0 Å². The second-order valence-corrected chi connectivity index (χ2v) is 9.76. The number of amides is 2. The Morgan fingerprint density at radius 1 is 1.00 bits per heavy atom. The summed E-state index contributed by atoms with van der Waals surface area (Å²) in [5, 5.41) is 3.71. The Balaban J connectivity index is 1.48. The number of benzene rings is 2. The molecule has 0 unspecified atom stereocenters. The monoisotopic (exact) mass is 470 g/mol. The van der Waals surface area contributed by atoms with Crippen molar-refractivity contribution in [2.24, 2.45) is 5.41 Å². The van der Waals surface area contributed by atoms with Crippen LogP contribution in [-0.4, -0.2) is 23.3 Å². The van der Waals surface area contributed by atoms with E-state index in [9.17, 15) is 9.59 Å². The third-order valence-corrected chi connectivity index (χ3v) is 6.17. The van der Waals surface area contributed by atoms with Crippen LogP contribution in [0.3, 0.4) is 0 Å². The van der Waals surface area contributed by atoms with Crippen LogP contribution in [0.2, 0.25) is 10.0 Å². The van der Waals surface area contributed by atoms with Crippen molar-refractivity contribution in [1.29, 1.82) is 0 Å². The summed E-state index contributed by atoms with van der Waals surface area (Å²) in [6.45, 7) is 6.66. The number of carbonyl (C=O) groups excluding carboxylic acids is 2. The van der Waals surface area contributed by atoms with E-state index in [1.807, 2.05) is 51.1 Å². The molecule has 0 saturated carbocycles. The molecule has 0 spiro atoms. The van der Waals surface area contributed by atoms with Gasteiger partial charge in [0.25, 0.3) is 5.91 Å². The van der Waals surface area contributed by atoms with E-state index in [1.165, 1.54) is 0 Å². The van der Waals surface area contributed by atoms with Crippen LogP contribution in [0.1, 0.15) is 42.5 Å². The predicted octanol–water partition coefficient (Wildman–Crippen LogP) is 6.44. The minimum absolute atomic E-state index is 0.0366. The average molecular weight is 471 g/mol. The van der Waals surface area contributed by atoms with Gasteiger partial charge in [-0.25, -0.2) is 0 Å². The molecule has 1 aromatic heterocycles. The molecule has 0 fully saturated rings. The lowest BCUT2D eigenvalue weighted by atomic mass is 9.95. The summed E-state index contributed by atoms with van der Waals surface area (Å²) in [4.78, 5) is 26.9. The summed E-state index contributed by atoms with van der Waals surface area (Å²) < 4.78 is 6.07. The number of hydrogen-bond acceptors (Lipinski definition) is 3. The molecule has 0 atom stereocenters. The Hall–Kier alpha value is -2.76. The van der Waals surface area contributed by atoms with E-state index in [2.05, 4.69) is 5.32 Å². The van der Waals surface area contributed by atoms with Gasteiger partial charge in [0, 0.05) is 47.3 Å². The van der Waals surface area contributed by atoms with Gasteiger partial charge in [-0.3, -0.25) is 9.59 Å². The first kappa shape index (κ1) is 22.4. The average Bonchev–Trinajstić information content (AvgIpc) is 3.18. The van der Waals surface area contributed by atoms with E-state index in [0.29, 0.717) is 35.1 Å². The van der Waals surface area contributed by atoms with E-state index in [-0.39, 0.29) is 11.8 Å². The summed E-state index contributed by atoms with van der Waals surface area (Å²) in [7, 11) is 0. The minimum atomic E-state index is -0.459. The first-order valence-electron chi connectivity index (χ1n) is 10.4. The van der Waals surface area contributed by atoms with Crippen LogP contribution in [0, 0.1) is 5.41 Å². The number of nitrogens with zero attached hydrogens (tertiary/aromatic N) is 1. The standard InChI is InChI=1S/C25H24Cl2N2O3/c1-25(2,3)24(31)28-18-7-4-15(5-8-18)22-13-17-14-29(11-10-21(17)32-22)23(30)16-6-9-19(26)20(27)12-16/h4-9,12-13H,10-11,14H2,1-3H3,(H,28,31). The maximum atomic E-state index is 12.9. The number of halogens is 2. The highest BCUT2D eigenvalue weighted by Crippen LogP contribution is 2.31. The van der Waals surface area contributed by atoms with Crippen molar-refractivity contribution >= 4 is 40.7 Å². The molecule has 5 nitrogen and oxygen atoms in total. The fourth-order valence-electron chi connectivity index (χ4n) is 3.50. The Morgan fingerprint density at radius 2 is 1.72 bits per heavy atom. The molecule has 0 aliphatic carbocycles. The highest BCUT2D eigenvalue weighted by atomic mass is 35.5. The molecule has 7 heteroatoms. The fraction of sp³-hybridized carbons (Fsp3) is 0.280. The van der Waals surface area contributed by atoms with Crippen molar-refractivity contribution < 1.29 is 14.0 Å². The van der Waals surface area contributed by atoms with Crippen molar-refractivity contribution in [2.75, 3.05) is 11.9 Å². The lowest BCUT2D eigenvalue weighted by molar-refractivity contribution is -0.123. The Kier molecular flexibility index (Phi) is 6.06. The molecule has 2 aromatic carbocycles. The van der Waals surface area contributed by atoms with Gasteiger partial charge in [0.2, 0.25) is 5.91 Å². The van der Waals surface area contributed by atoms with Gasteiger partial charge in [0.1, 0.15) is 11.5 Å². The maximum absolute atomic E-state index is 12.9. The molecule has 166 valence electrons. The van der Waals surface area contributed by atoms with E-state index >= 15 is 0 Å². The summed E-state index contributed by atoms with van der Waals surface area (Å²) in [5.74, 6) is 1.51. The van der Waals surface area contributed by atoms with E-state index < -0.39 is 5.41 Å². The zero-order chi connectivity index (χ0) is 23.0. The fourth-order valence-corrected chi connectivity index (χ4v) is 3.79. The van der Waals surface area contributed by atoms with Crippen LogP contribution < -0.4 is 5.32 Å². The molecule has 3 aromatic rings. The molecule has 0 saturated heterocycles. The smallest absolute Gasteiger partial charge is 0.254 e. The van der Waals surface area contributed by atoms with Crippen molar-refractivity contribution in [3.8, 4) is 11.3 Å². The summed E-state index contributed by atoms with van der Waals surface area (Å²) in [6.07, 6.45) is 0.641. The molecule has 32 heavy (non-hydrogen) atoms. The molecule has 4 rings (SSSR count). The van der Waals surface area contributed by atoms with Gasteiger partial charge in [-0.2, -0.15) is 0 Å². The van der Waals surface area contributed by atoms with Crippen LogP contribution in [0.25, 0.3) is 11.3 Å². The second-order valence-electron chi connectivity index (χ2n) is 8.95. The number of rotatable bonds is 3. The number of hydrogen-bond donors (Lipinski definition) is 1. The molecular formula is C25H24Cl2N2O3. The lowest BCUT2D eigenvalue weighted by Crippen LogP contribution is -2.35. The third-order valence-electron chi connectivity index (χ3n) is 5.43. The Labute approximate surface area is 197 Å². The second kappa shape index (κ2) is 8.64. The summed E-state index contributed by atoms with van der Waals surface area (Å²) in [6, 6.07) is 14.5. The van der Waals surface area contributed by atoms with Crippen LogP contribution in [-0.2, 0) is 17.8 Å². The summed E-state index contributed by atoms with van der Waals surface area (Å²) >= 11 is 12.0. The van der Waals surface area contributed by atoms with Crippen LogP contribution in [0.5, 0.6) is 0 Å². The van der Waals surface area contributed by atoms with Gasteiger partial charge >= 0.3 is 0 Å². The highest BCUT2D eigenvalue weighted by Gasteiger charge is 2.26. The summed E-state index contributed by atoms with van der Waals surface area (Å²) in [5.41, 5.74) is 2.70. The Morgan fingerprint density at radius 3 is 2.38 bits per heavy atom. The first-order valence-corrected chi connectivity index (χ1v) is 11.2. The van der Waals surface area contributed by atoms with Crippen molar-refractivity contribution in [2.45, 2.75) is 33.7 Å². The Bertz CT molecular complexity index is 1180. The number of nitrogens with one attached hydrogen (secondary N) is 1. The topological polar surface area (TPSA) is 62.6 Å². The van der Waals surface area contributed by atoms with Crippen molar-refractivity contribution in [3.05, 3.63) is 75.5 Å². The van der Waals surface area contributed by atoms with Crippen molar-refractivity contribution in [1.82, 2.24) is 4.90 Å². The van der Waals surface area contributed by atoms with Crippen LogP contribution in [0.4, 0.5) is 5.69 Å². The number of fused-ring (bicyclic) bond motifs is 1. The lowest BCUT2D eigenvalue weighted by Gasteiger charge is -2.26. The maximum Gasteiger partial charge on any atom is 0.254 e. The normalized spacial score (nSPS) is 13.6. The SMILES string of the molecule is CC(C)(C)C(=O)Nc1ccc(-c2cc3c(o2)CCN(C(=O)c2ccc(Cl)c(Cl)c2)C3)cc1. The van der Waals surface area contributed by atoms with E-state index in [1.54, 1.807) is 23.1 Å². The predicted molar refractivity (Wildman–Crippen MR) is 127 cm³/mol. The molecular weight excluding hydrogens is 447 g/mol. The van der Waals surface area contributed by atoms with Gasteiger partial charge in [0.15, 0.2) is 0 Å². The molecule has 1 aliphatic heterocycles. The zero-order valence-corrected chi connectivity index (χ0v) is 19.7. The molecule has 1 N–H and O–H groups in total. The van der Waals surface area contributed by atoms with Gasteiger partial charge in [-0.1, -0.05) is 44.0 Å². The molecule has 0 radical (unpaired) electrons. The highest BCUT2D eigenvalue weighted by molar-refractivity contribution is 6.42. The quantitative estimate of drug-likeness (QED) is 0.479. The molecule has 2 amide bonds. The largest absolute Gasteiger partial charge is 0.461 e. The van der Waals surface area contributed by atoms with Crippen molar-refractivity contribution in [3.63, 3.8) is 0 Å². The number of carbonyl (C=O) groups is 2. The number of anilines is 1. The van der Waals surface area contributed by atoms with Crippen LogP contribution in [0.15, 0.2) is 52.9 Å². The zero-order valence-electron chi connectivity index (χ0n) is 18.2. The first-order chi connectivity index (χ1) is 15.1. The van der Waals surface area contributed by atoms with Gasteiger partial charge in [-0.05, 0) is 48.5 Å².